The number of ether oxygens (including phenoxy) is 2. The van der Waals surface area contributed by atoms with Crippen molar-refractivity contribution in [1.82, 2.24) is 4.98 Å². The Hall–Kier alpha value is -2.07. The third-order valence-corrected chi connectivity index (χ3v) is 3.70. The summed E-state index contributed by atoms with van der Waals surface area (Å²) in [5, 5.41) is 2.19. The van der Waals surface area contributed by atoms with Crippen LogP contribution >= 0.6 is 15.9 Å². The molecule has 106 valence electrons. The van der Waals surface area contributed by atoms with E-state index in [1.807, 2.05) is 54.7 Å². The minimum atomic E-state index is 0.485. The van der Waals surface area contributed by atoms with E-state index in [0.29, 0.717) is 12.5 Å². The van der Waals surface area contributed by atoms with E-state index in [2.05, 4.69) is 20.9 Å². The zero-order chi connectivity index (χ0) is 14.7. The molecule has 0 bridgehead atoms. The topological polar surface area (TPSA) is 31.4 Å². The van der Waals surface area contributed by atoms with Gasteiger partial charge in [0.1, 0.15) is 12.4 Å². The molecule has 3 rings (SSSR count). The monoisotopic (exact) mass is 343 g/mol. The normalized spacial score (nSPS) is 10.6. The number of nitrogens with zero attached hydrogens (tertiary/aromatic N) is 1. The van der Waals surface area contributed by atoms with Gasteiger partial charge in [-0.05, 0) is 35.2 Å². The molecule has 0 aliphatic carbocycles. The Labute approximate surface area is 131 Å². The van der Waals surface area contributed by atoms with Gasteiger partial charge in [0.2, 0.25) is 5.88 Å². The van der Waals surface area contributed by atoms with E-state index in [1.54, 1.807) is 7.11 Å². The van der Waals surface area contributed by atoms with Crippen molar-refractivity contribution in [2.45, 2.75) is 6.61 Å². The standard InChI is InChI=1S/C17H14BrNO2/c1-20-16-6-2-12(3-7-16)11-21-17-9-13-4-5-15(18)8-14(13)10-19-17/h2-10H,11H2,1H3. The maximum atomic E-state index is 5.74. The lowest BCUT2D eigenvalue weighted by Gasteiger charge is -2.07. The Morgan fingerprint density at radius 2 is 1.81 bits per heavy atom. The van der Waals surface area contributed by atoms with Gasteiger partial charge in [-0.2, -0.15) is 0 Å². The van der Waals surface area contributed by atoms with Crippen LogP contribution in [0.3, 0.4) is 0 Å². The molecule has 0 saturated heterocycles. The van der Waals surface area contributed by atoms with Crippen LogP contribution in [-0.4, -0.2) is 12.1 Å². The minimum Gasteiger partial charge on any atom is -0.497 e. The van der Waals surface area contributed by atoms with E-state index in [1.165, 1.54) is 0 Å². The summed E-state index contributed by atoms with van der Waals surface area (Å²) in [5.41, 5.74) is 1.08. The smallest absolute Gasteiger partial charge is 0.214 e. The second kappa shape index (κ2) is 6.14. The summed E-state index contributed by atoms with van der Waals surface area (Å²) >= 11 is 3.45. The maximum Gasteiger partial charge on any atom is 0.214 e. The molecule has 0 atom stereocenters. The highest BCUT2D eigenvalue weighted by molar-refractivity contribution is 9.10. The van der Waals surface area contributed by atoms with Gasteiger partial charge in [-0.1, -0.05) is 34.1 Å². The molecule has 3 nitrogen and oxygen atoms in total. The van der Waals surface area contributed by atoms with Crippen molar-refractivity contribution in [3.63, 3.8) is 0 Å². The highest BCUT2D eigenvalue weighted by Gasteiger charge is 2.01. The van der Waals surface area contributed by atoms with Gasteiger partial charge in [0.15, 0.2) is 0 Å². The van der Waals surface area contributed by atoms with E-state index < -0.39 is 0 Å². The van der Waals surface area contributed by atoms with Crippen LogP contribution in [0.15, 0.2) is 59.2 Å². The highest BCUT2D eigenvalue weighted by atomic mass is 79.9. The van der Waals surface area contributed by atoms with Gasteiger partial charge in [-0.25, -0.2) is 4.98 Å². The summed E-state index contributed by atoms with van der Waals surface area (Å²) in [6, 6.07) is 15.8. The minimum absolute atomic E-state index is 0.485. The van der Waals surface area contributed by atoms with Crippen molar-refractivity contribution in [1.29, 1.82) is 0 Å². The maximum absolute atomic E-state index is 5.74. The van der Waals surface area contributed by atoms with Crippen LogP contribution in [0.25, 0.3) is 10.8 Å². The molecule has 0 fully saturated rings. The zero-order valence-electron chi connectivity index (χ0n) is 11.5. The Morgan fingerprint density at radius 3 is 2.57 bits per heavy atom. The van der Waals surface area contributed by atoms with Crippen LogP contribution in [-0.2, 0) is 6.61 Å². The number of rotatable bonds is 4. The average molecular weight is 344 g/mol. The summed E-state index contributed by atoms with van der Waals surface area (Å²) in [6.07, 6.45) is 1.82. The highest BCUT2D eigenvalue weighted by Crippen LogP contribution is 2.22. The van der Waals surface area contributed by atoms with Crippen molar-refractivity contribution in [2.24, 2.45) is 0 Å². The molecule has 0 aliphatic heterocycles. The van der Waals surface area contributed by atoms with Crippen molar-refractivity contribution in [2.75, 3.05) is 7.11 Å². The molecule has 2 aromatic carbocycles. The van der Waals surface area contributed by atoms with Crippen LogP contribution in [0, 0.1) is 0 Å². The summed E-state index contributed by atoms with van der Waals surface area (Å²) in [5.74, 6) is 1.47. The quantitative estimate of drug-likeness (QED) is 0.694. The number of hydrogen-bond donors (Lipinski definition) is 0. The molecule has 0 amide bonds. The van der Waals surface area contributed by atoms with Crippen molar-refractivity contribution < 1.29 is 9.47 Å². The third kappa shape index (κ3) is 3.34. The van der Waals surface area contributed by atoms with Crippen LogP contribution < -0.4 is 9.47 Å². The van der Waals surface area contributed by atoms with Crippen LogP contribution in [0.4, 0.5) is 0 Å². The molecular formula is C17H14BrNO2. The molecule has 3 aromatic rings. The number of pyridine rings is 1. The predicted octanol–water partition coefficient (Wildman–Crippen LogP) is 4.58. The van der Waals surface area contributed by atoms with Gasteiger partial charge < -0.3 is 9.47 Å². The van der Waals surface area contributed by atoms with Gasteiger partial charge in [0.05, 0.1) is 7.11 Å². The molecular weight excluding hydrogens is 330 g/mol. The van der Waals surface area contributed by atoms with Crippen LogP contribution in [0.5, 0.6) is 11.6 Å². The number of hydrogen-bond acceptors (Lipinski definition) is 3. The van der Waals surface area contributed by atoms with E-state index in [4.69, 9.17) is 9.47 Å². The number of aromatic nitrogens is 1. The van der Waals surface area contributed by atoms with Crippen molar-refractivity contribution in [3.05, 3.63) is 64.8 Å². The Balaban J connectivity index is 1.73. The third-order valence-electron chi connectivity index (χ3n) is 3.20. The largest absolute Gasteiger partial charge is 0.497 e. The lowest BCUT2D eigenvalue weighted by molar-refractivity contribution is 0.294. The zero-order valence-corrected chi connectivity index (χ0v) is 13.1. The van der Waals surface area contributed by atoms with E-state index in [9.17, 15) is 0 Å². The lowest BCUT2D eigenvalue weighted by Crippen LogP contribution is -1.97. The first-order valence-corrected chi connectivity index (χ1v) is 7.35. The fraction of sp³-hybridized carbons (Fsp3) is 0.118. The number of benzene rings is 2. The van der Waals surface area contributed by atoms with E-state index in [0.717, 1.165) is 26.6 Å². The van der Waals surface area contributed by atoms with Crippen LogP contribution in [0.2, 0.25) is 0 Å². The number of halogens is 1. The number of methoxy groups -OCH3 is 1. The second-order valence-electron chi connectivity index (χ2n) is 4.65. The lowest BCUT2D eigenvalue weighted by atomic mass is 10.2. The molecule has 0 saturated carbocycles. The molecule has 1 heterocycles. The Morgan fingerprint density at radius 1 is 1.00 bits per heavy atom. The molecule has 0 spiro atoms. The summed E-state index contributed by atoms with van der Waals surface area (Å²) in [7, 11) is 1.66. The average Bonchev–Trinajstić information content (AvgIpc) is 2.53. The van der Waals surface area contributed by atoms with Gasteiger partial charge in [-0.3, -0.25) is 0 Å². The molecule has 1 aromatic heterocycles. The fourth-order valence-electron chi connectivity index (χ4n) is 2.05. The first kappa shape index (κ1) is 13.9. The molecule has 0 N–H and O–H groups in total. The Bertz CT molecular complexity index is 756. The molecule has 21 heavy (non-hydrogen) atoms. The van der Waals surface area contributed by atoms with Crippen molar-refractivity contribution >= 4 is 26.7 Å². The first-order valence-electron chi connectivity index (χ1n) is 6.55. The molecule has 0 radical (unpaired) electrons. The summed E-state index contributed by atoms with van der Waals surface area (Å²) < 4.78 is 11.9. The fourth-order valence-corrected chi connectivity index (χ4v) is 2.43. The van der Waals surface area contributed by atoms with Crippen molar-refractivity contribution in [3.8, 4) is 11.6 Å². The van der Waals surface area contributed by atoms with Gasteiger partial charge in [0, 0.05) is 22.1 Å². The Kier molecular flexibility index (Phi) is 4.06. The van der Waals surface area contributed by atoms with Gasteiger partial charge in [0.25, 0.3) is 0 Å². The molecule has 4 heteroatoms. The van der Waals surface area contributed by atoms with E-state index >= 15 is 0 Å². The van der Waals surface area contributed by atoms with E-state index in [-0.39, 0.29) is 0 Å². The van der Waals surface area contributed by atoms with Crippen LogP contribution in [0.1, 0.15) is 5.56 Å². The summed E-state index contributed by atoms with van der Waals surface area (Å²) in [4.78, 5) is 4.33. The summed E-state index contributed by atoms with van der Waals surface area (Å²) in [6.45, 7) is 0.485. The predicted molar refractivity (Wildman–Crippen MR) is 86.8 cm³/mol. The second-order valence-corrected chi connectivity index (χ2v) is 5.57. The molecule has 0 aliphatic rings. The first-order chi connectivity index (χ1) is 10.2. The SMILES string of the molecule is COc1ccc(COc2cc3ccc(Br)cc3cn2)cc1. The number of fused-ring (bicyclic) bond motifs is 1. The van der Waals surface area contributed by atoms with Gasteiger partial charge >= 0.3 is 0 Å². The van der Waals surface area contributed by atoms with Gasteiger partial charge in [-0.15, -0.1) is 0 Å². The molecule has 0 unspecified atom stereocenters.